The maximum atomic E-state index is 12.8. The molecule has 3 aromatic rings. The topological polar surface area (TPSA) is 109 Å². The fourth-order valence-electron chi connectivity index (χ4n) is 3.91. The molecule has 0 spiro atoms. The van der Waals surface area contributed by atoms with Gasteiger partial charge in [0.2, 0.25) is 0 Å². The predicted molar refractivity (Wildman–Crippen MR) is 117 cm³/mol. The minimum atomic E-state index is -0.379. The van der Waals surface area contributed by atoms with Crippen LogP contribution in [0.1, 0.15) is 16.8 Å². The van der Waals surface area contributed by atoms with Gasteiger partial charge in [-0.2, -0.15) is 10.5 Å². The summed E-state index contributed by atoms with van der Waals surface area (Å²) in [6, 6.07) is 12.5. The maximum absolute atomic E-state index is 12.8. The fourth-order valence-corrected chi connectivity index (χ4v) is 4.03. The lowest BCUT2D eigenvalue weighted by molar-refractivity contribution is 0.249. The zero-order valence-corrected chi connectivity index (χ0v) is 17.6. The lowest BCUT2D eigenvalue weighted by Gasteiger charge is -2.36. The van der Waals surface area contributed by atoms with Crippen molar-refractivity contribution in [2.75, 3.05) is 31.1 Å². The van der Waals surface area contributed by atoms with Crippen LogP contribution in [0.5, 0.6) is 5.75 Å². The summed E-state index contributed by atoms with van der Waals surface area (Å²) in [6.07, 6.45) is 0. The Hall–Kier alpha value is -3.59. The summed E-state index contributed by atoms with van der Waals surface area (Å²) in [5, 5.41) is 29.1. The van der Waals surface area contributed by atoms with Gasteiger partial charge >= 0.3 is 0 Å². The van der Waals surface area contributed by atoms with E-state index in [-0.39, 0.29) is 22.6 Å². The highest BCUT2D eigenvalue weighted by Gasteiger charge is 2.25. The van der Waals surface area contributed by atoms with Crippen molar-refractivity contribution in [1.82, 2.24) is 14.5 Å². The third-order valence-electron chi connectivity index (χ3n) is 5.55. The van der Waals surface area contributed by atoms with Crippen LogP contribution in [0.2, 0.25) is 5.02 Å². The molecule has 156 valence electrons. The van der Waals surface area contributed by atoms with Crippen molar-refractivity contribution in [3.8, 4) is 17.9 Å². The molecule has 31 heavy (non-hydrogen) atoms. The average molecular weight is 435 g/mol. The number of rotatable bonds is 3. The Morgan fingerprint density at radius 2 is 1.87 bits per heavy atom. The van der Waals surface area contributed by atoms with E-state index in [1.807, 2.05) is 23.1 Å². The predicted octanol–water partition coefficient (Wildman–Crippen LogP) is 2.36. The fraction of sp³-hybridized carbons (Fsp3) is 0.273. The molecule has 0 radical (unpaired) electrons. The van der Waals surface area contributed by atoms with E-state index in [2.05, 4.69) is 9.88 Å². The third-order valence-corrected chi connectivity index (χ3v) is 5.87. The van der Waals surface area contributed by atoms with E-state index in [0.717, 1.165) is 5.56 Å². The number of hydrogen-bond donors (Lipinski definition) is 1. The van der Waals surface area contributed by atoms with Crippen molar-refractivity contribution in [3.05, 3.63) is 62.5 Å². The number of fused-ring (bicyclic) bond motifs is 1. The average Bonchev–Trinajstić information content (AvgIpc) is 2.79. The highest BCUT2D eigenvalue weighted by Crippen LogP contribution is 2.29. The van der Waals surface area contributed by atoms with Gasteiger partial charge in [0.05, 0.1) is 16.2 Å². The number of aromatic hydroxyl groups is 1. The summed E-state index contributed by atoms with van der Waals surface area (Å²) < 4.78 is 1.40. The van der Waals surface area contributed by atoms with Gasteiger partial charge in [0, 0.05) is 39.8 Å². The Bertz CT molecular complexity index is 1310. The van der Waals surface area contributed by atoms with Gasteiger partial charge in [0.15, 0.2) is 0 Å². The van der Waals surface area contributed by atoms with Crippen LogP contribution >= 0.6 is 11.6 Å². The molecular formula is C22H19ClN6O2. The Balaban J connectivity index is 1.65. The molecule has 0 aliphatic carbocycles. The molecule has 0 atom stereocenters. The first-order valence-electron chi connectivity index (χ1n) is 9.71. The zero-order chi connectivity index (χ0) is 22.1. The van der Waals surface area contributed by atoms with Crippen LogP contribution < -0.4 is 10.5 Å². The Kier molecular flexibility index (Phi) is 5.51. The minimum absolute atomic E-state index is 0.0358. The smallest absolute Gasteiger partial charge is 0.270 e. The van der Waals surface area contributed by atoms with Crippen molar-refractivity contribution in [2.24, 2.45) is 7.05 Å². The number of aromatic nitrogens is 2. The molecular weight excluding hydrogens is 416 g/mol. The van der Waals surface area contributed by atoms with E-state index < -0.39 is 0 Å². The van der Waals surface area contributed by atoms with Gasteiger partial charge in [-0.05, 0) is 29.8 Å². The molecule has 1 aliphatic rings. The molecule has 1 aliphatic heterocycles. The number of phenols is 1. The molecule has 3 heterocycles. The normalized spacial score (nSPS) is 14.4. The van der Waals surface area contributed by atoms with E-state index in [9.17, 15) is 20.4 Å². The summed E-state index contributed by atoms with van der Waals surface area (Å²) in [5.74, 6) is 0.0578. The number of anilines is 1. The number of nitrogens with zero attached hydrogens (tertiary/aromatic N) is 6. The van der Waals surface area contributed by atoms with Crippen LogP contribution in [0.4, 0.5) is 5.69 Å². The van der Waals surface area contributed by atoms with Crippen LogP contribution in [-0.4, -0.2) is 45.7 Å². The van der Waals surface area contributed by atoms with Gasteiger partial charge in [-0.25, -0.2) is 4.98 Å². The molecule has 0 bridgehead atoms. The van der Waals surface area contributed by atoms with Crippen molar-refractivity contribution in [1.29, 1.82) is 10.5 Å². The Labute approximate surface area is 183 Å². The molecule has 0 saturated carbocycles. The van der Waals surface area contributed by atoms with Crippen molar-refractivity contribution < 1.29 is 5.11 Å². The minimum Gasteiger partial charge on any atom is -0.506 e. The summed E-state index contributed by atoms with van der Waals surface area (Å²) in [5.41, 5.74) is 2.39. The number of piperazine rings is 1. The Morgan fingerprint density at radius 1 is 1.13 bits per heavy atom. The largest absolute Gasteiger partial charge is 0.506 e. The Morgan fingerprint density at radius 3 is 2.52 bits per heavy atom. The van der Waals surface area contributed by atoms with Gasteiger partial charge in [0.25, 0.3) is 5.56 Å². The lowest BCUT2D eigenvalue weighted by Crippen LogP contribution is -2.47. The molecule has 0 unspecified atom stereocenters. The van der Waals surface area contributed by atoms with Crippen LogP contribution in [-0.2, 0) is 13.6 Å². The summed E-state index contributed by atoms with van der Waals surface area (Å²) >= 11 is 5.88. The van der Waals surface area contributed by atoms with E-state index in [4.69, 9.17) is 11.6 Å². The highest BCUT2D eigenvalue weighted by molar-refractivity contribution is 6.32. The molecule has 1 N–H and O–H groups in total. The van der Waals surface area contributed by atoms with Crippen molar-refractivity contribution >= 4 is 28.3 Å². The molecule has 8 nitrogen and oxygen atoms in total. The van der Waals surface area contributed by atoms with Gasteiger partial charge in [0.1, 0.15) is 34.7 Å². The van der Waals surface area contributed by atoms with Gasteiger partial charge in [-0.15, -0.1) is 0 Å². The maximum Gasteiger partial charge on any atom is 0.270 e. The molecule has 2 aromatic heterocycles. The van der Waals surface area contributed by atoms with Crippen molar-refractivity contribution in [3.63, 3.8) is 0 Å². The second kappa shape index (κ2) is 8.27. The number of nitriles is 2. The second-order valence-electron chi connectivity index (χ2n) is 7.42. The van der Waals surface area contributed by atoms with E-state index >= 15 is 0 Å². The van der Waals surface area contributed by atoms with Crippen molar-refractivity contribution in [2.45, 2.75) is 6.54 Å². The number of halogens is 1. The third kappa shape index (κ3) is 3.79. The molecule has 1 aromatic carbocycles. The number of phenolic OH excluding ortho intramolecular Hbond substituents is 1. The first-order chi connectivity index (χ1) is 14.9. The number of aryl methyl sites for hydroxylation is 1. The quantitative estimate of drug-likeness (QED) is 0.673. The highest BCUT2D eigenvalue weighted by atomic mass is 35.5. The first kappa shape index (κ1) is 20.7. The zero-order valence-electron chi connectivity index (χ0n) is 16.8. The summed E-state index contributed by atoms with van der Waals surface area (Å²) in [6.45, 7) is 3.23. The summed E-state index contributed by atoms with van der Waals surface area (Å²) in [7, 11) is 1.60. The molecule has 9 heteroatoms. The summed E-state index contributed by atoms with van der Waals surface area (Å²) in [4.78, 5) is 21.4. The monoisotopic (exact) mass is 434 g/mol. The molecule has 1 saturated heterocycles. The number of benzene rings is 1. The lowest BCUT2D eigenvalue weighted by atomic mass is 10.1. The van der Waals surface area contributed by atoms with E-state index in [1.54, 1.807) is 31.3 Å². The van der Waals surface area contributed by atoms with Crippen LogP contribution in [0.3, 0.4) is 0 Å². The molecule has 0 amide bonds. The van der Waals surface area contributed by atoms with Gasteiger partial charge in [-0.3, -0.25) is 9.69 Å². The van der Waals surface area contributed by atoms with Crippen LogP contribution in [0.25, 0.3) is 11.0 Å². The standard InChI is InChI=1S/C22H19ClN6O2/c1-27-18-5-3-15(11-24)26-20(18)21(16(12-25)22(27)31)29-8-6-28(7-9-29)13-14-2-4-17(23)19(30)10-14/h2-5,10,30H,6-9,13H2,1H3. The van der Waals surface area contributed by atoms with E-state index in [0.29, 0.717) is 54.5 Å². The number of hydrogen-bond acceptors (Lipinski definition) is 7. The first-order valence-corrected chi connectivity index (χ1v) is 10.1. The van der Waals surface area contributed by atoms with Gasteiger partial charge in [-0.1, -0.05) is 17.7 Å². The number of pyridine rings is 2. The van der Waals surface area contributed by atoms with E-state index in [1.165, 1.54) is 4.57 Å². The van der Waals surface area contributed by atoms with Crippen LogP contribution in [0.15, 0.2) is 35.1 Å². The molecule has 1 fully saturated rings. The second-order valence-corrected chi connectivity index (χ2v) is 7.83. The molecule has 4 rings (SSSR count). The SMILES string of the molecule is Cn1c(=O)c(C#N)c(N2CCN(Cc3ccc(Cl)c(O)c3)CC2)c2nc(C#N)ccc21. The van der Waals surface area contributed by atoms with Gasteiger partial charge < -0.3 is 14.6 Å². The van der Waals surface area contributed by atoms with Crippen LogP contribution in [0, 0.1) is 22.7 Å².